The number of nitrogens with zero attached hydrogens (tertiary/aromatic N) is 2. The number of hydrogen-bond acceptors (Lipinski definition) is 3. The van der Waals surface area contributed by atoms with Crippen molar-refractivity contribution in [2.75, 3.05) is 4.90 Å². The van der Waals surface area contributed by atoms with Gasteiger partial charge in [-0.25, -0.2) is 0 Å². The van der Waals surface area contributed by atoms with Crippen molar-refractivity contribution >= 4 is 23.2 Å². The Morgan fingerprint density at radius 1 is 1.58 bits per heavy atom. The van der Waals surface area contributed by atoms with Crippen molar-refractivity contribution in [2.24, 2.45) is 0 Å². The lowest BCUT2D eigenvalue weighted by atomic mass is 10.1. The molecule has 19 heavy (non-hydrogen) atoms. The van der Waals surface area contributed by atoms with Crippen LogP contribution in [0, 0.1) is 11.3 Å². The molecule has 0 aromatic heterocycles. The summed E-state index contributed by atoms with van der Waals surface area (Å²) >= 11 is 5.99. The van der Waals surface area contributed by atoms with Crippen LogP contribution >= 0.6 is 11.6 Å². The number of amides is 1. The number of benzene rings is 1. The summed E-state index contributed by atoms with van der Waals surface area (Å²) in [5.74, 6) is -0.105. The van der Waals surface area contributed by atoms with E-state index in [0.717, 1.165) is 12.8 Å². The first-order valence-corrected chi connectivity index (χ1v) is 6.66. The molecule has 1 aromatic carbocycles. The molecule has 0 bridgehead atoms. The quantitative estimate of drug-likeness (QED) is 0.924. The molecule has 1 aliphatic heterocycles. The summed E-state index contributed by atoms with van der Waals surface area (Å²) in [5, 5.41) is 19.1. The Morgan fingerprint density at radius 3 is 2.89 bits per heavy atom. The van der Waals surface area contributed by atoms with Crippen LogP contribution in [-0.2, 0) is 4.79 Å². The van der Waals surface area contributed by atoms with Crippen LogP contribution in [0.25, 0.3) is 0 Å². The lowest BCUT2D eigenvalue weighted by molar-refractivity contribution is -0.117. The summed E-state index contributed by atoms with van der Waals surface area (Å²) in [6, 6.07) is 6.68. The van der Waals surface area contributed by atoms with Gasteiger partial charge in [0.25, 0.3) is 0 Å². The number of carbonyl (C=O) groups excluding carboxylic acids is 1. The summed E-state index contributed by atoms with van der Waals surface area (Å²) < 4.78 is 0. The van der Waals surface area contributed by atoms with Gasteiger partial charge in [-0.15, -0.1) is 0 Å². The molecule has 1 saturated heterocycles. The van der Waals surface area contributed by atoms with Crippen molar-refractivity contribution in [2.45, 2.75) is 38.3 Å². The normalized spacial score (nSPS) is 22.6. The summed E-state index contributed by atoms with van der Waals surface area (Å²) in [6.45, 7) is 2.01. The molecule has 2 rings (SSSR count). The molecule has 4 nitrogen and oxygen atoms in total. The highest BCUT2D eigenvalue weighted by Crippen LogP contribution is 2.32. The van der Waals surface area contributed by atoms with Gasteiger partial charge in [-0.1, -0.05) is 24.9 Å². The van der Waals surface area contributed by atoms with Crippen LogP contribution in [0.4, 0.5) is 5.69 Å². The largest absolute Gasteiger partial charge is 0.390 e. The number of hydrogen-bond donors (Lipinski definition) is 1. The third-order valence-electron chi connectivity index (χ3n) is 3.36. The minimum atomic E-state index is -0.637. The predicted octanol–water partition coefficient (Wildman–Crippen LogP) is 2.48. The molecule has 2 atom stereocenters. The molecule has 0 aliphatic carbocycles. The predicted molar refractivity (Wildman–Crippen MR) is 73.0 cm³/mol. The number of rotatable bonds is 3. The van der Waals surface area contributed by atoms with Gasteiger partial charge in [0.05, 0.1) is 29.2 Å². The molecule has 100 valence electrons. The van der Waals surface area contributed by atoms with Crippen LogP contribution in [-0.4, -0.2) is 23.2 Å². The van der Waals surface area contributed by atoms with Gasteiger partial charge in [0.2, 0.25) is 5.91 Å². The van der Waals surface area contributed by atoms with Gasteiger partial charge in [0.15, 0.2) is 0 Å². The third kappa shape index (κ3) is 2.58. The molecular formula is C14H15ClN2O2. The Balaban J connectivity index is 2.36. The van der Waals surface area contributed by atoms with Crippen LogP contribution in [0.5, 0.6) is 0 Å². The lowest BCUT2D eigenvalue weighted by Gasteiger charge is -2.26. The molecule has 1 fully saturated rings. The Morgan fingerprint density at radius 2 is 2.32 bits per heavy atom. The fraction of sp³-hybridized carbons (Fsp3) is 0.429. The number of halogens is 1. The first-order chi connectivity index (χ1) is 9.08. The Bertz CT molecular complexity index is 539. The summed E-state index contributed by atoms with van der Waals surface area (Å²) in [6.07, 6.45) is 1.13. The van der Waals surface area contributed by atoms with E-state index in [9.17, 15) is 9.90 Å². The van der Waals surface area contributed by atoms with Gasteiger partial charge in [0.1, 0.15) is 6.07 Å². The number of nitriles is 1. The van der Waals surface area contributed by atoms with Gasteiger partial charge in [-0.05, 0) is 24.6 Å². The van der Waals surface area contributed by atoms with E-state index in [1.165, 1.54) is 0 Å². The monoisotopic (exact) mass is 278 g/mol. The molecule has 2 unspecified atom stereocenters. The van der Waals surface area contributed by atoms with E-state index in [1.807, 2.05) is 13.0 Å². The zero-order valence-corrected chi connectivity index (χ0v) is 11.4. The standard InChI is InChI=1S/C14H15ClN2O2/c1-2-3-12-13(18)7-14(19)17(12)10-5-4-9(8-16)11(15)6-10/h4-6,12-13,18H,2-3,7H2,1H3. The molecular weight excluding hydrogens is 264 g/mol. The second-order valence-electron chi connectivity index (χ2n) is 4.67. The molecule has 1 heterocycles. The van der Waals surface area contributed by atoms with Crippen molar-refractivity contribution in [3.05, 3.63) is 28.8 Å². The second kappa shape index (κ2) is 5.60. The SMILES string of the molecule is CCCC1C(O)CC(=O)N1c1ccc(C#N)c(Cl)c1. The topological polar surface area (TPSA) is 64.3 Å². The summed E-state index contributed by atoms with van der Waals surface area (Å²) in [4.78, 5) is 13.6. The van der Waals surface area contributed by atoms with Gasteiger partial charge in [-0.2, -0.15) is 5.26 Å². The van der Waals surface area contributed by atoms with Gasteiger partial charge >= 0.3 is 0 Å². The highest BCUT2D eigenvalue weighted by molar-refractivity contribution is 6.32. The van der Waals surface area contributed by atoms with E-state index in [0.29, 0.717) is 16.3 Å². The van der Waals surface area contributed by atoms with Gasteiger partial charge in [0, 0.05) is 5.69 Å². The molecule has 0 saturated carbocycles. The average Bonchev–Trinajstić information content (AvgIpc) is 2.65. The van der Waals surface area contributed by atoms with Crippen LogP contribution in [0.1, 0.15) is 31.7 Å². The minimum Gasteiger partial charge on any atom is -0.390 e. The van der Waals surface area contributed by atoms with Crippen LogP contribution in [0.2, 0.25) is 5.02 Å². The first-order valence-electron chi connectivity index (χ1n) is 6.28. The Hall–Kier alpha value is -1.57. The molecule has 5 heteroatoms. The van der Waals surface area contributed by atoms with E-state index in [2.05, 4.69) is 0 Å². The van der Waals surface area contributed by atoms with E-state index < -0.39 is 6.10 Å². The van der Waals surface area contributed by atoms with E-state index in [1.54, 1.807) is 23.1 Å². The number of aliphatic hydroxyl groups excluding tert-OH is 1. The molecule has 1 N–H and O–H groups in total. The number of carbonyl (C=O) groups is 1. The molecule has 1 amide bonds. The van der Waals surface area contributed by atoms with Crippen LogP contribution in [0.3, 0.4) is 0 Å². The highest BCUT2D eigenvalue weighted by atomic mass is 35.5. The van der Waals surface area contributed by atoms with Crippen molar-refractivity contribution in [1.82, 2.24) is 0 Å². The van der Waals surface area contributed by atoms with E-state index in [4.69, 9.17) is 16.9 Å². The summed E-state index contributed by atoms with van der Waals surface area (Å²) in [5.41, 5.74) is 1.02. The molecule has 0 spiro atoms. The Kier molecular flexibility index (Phi) is 4.08. The highest BCUT2D eigenvalue weighted by Gasteiger charge is 2.38. The Labute approximate surface area is 117 Å². The fourth-order valence-electron chi connectivity index (χ4n) is 2.47. The zero-order chi connectivity index (χ0) is 14.0. The average molecular weight is 279 g/mol. The minimum absolute atomic E-state index is 0.105. The van der Waals surface area contributed by atoms with E-state index in [-0.39, 0.29) is 18.4 Å². The van der Waals surface area contributed by atoms with Crippen molar-refractivity contribution in [3.63, 3.8) is 0 Å². The number of aliphatic hydroxyl groups is 1. The zero-order valence-electron chi connectivity index (χ0n) is 10.6. The van der Waals surface area contributed by atoms with Crippen molar-refractivity contribution < 1.29 is 9.90 Å². The second-order valence-corrected chi connectivity index (χ2v) is 5.07. The summed E-state index contributed by atoms with van der Waals surface area (Å²) in [7, 11) is 0. The maximum Gasteiger partial charge on any atom is 0.230 e. The maximum atomic E-state index is 12.0. The number of anilines is 1. The van der Waals surface area contributed by atoms with Crippen LogP contribution < -0.4 is 4.90 Å². The van der Waals surface area contributed by atoms with Gasteiger partial charge < -0.3 is 10.0 Å². The van der Waals surface area contributed by atoms with Gasteiger partial charge in [-0.3, -0.25) is 4.79 Å². The van der Waals surface area contributed by atoms with Crippen molar-refractivity contribution in [3.8, 4) is 6.07 Å². The lowest BCUT2D eigenvalue weighted by Crippen LogP contribution is -2.37. The van der Waals surface area contributed by atoms with E-state index >= 15 is 0 Å². The molecule has 1 aromatic rings. The fourth-order valence-corrected chi connectivity index (χ4v) is 2.68. The third-order valence-corrected chi connectivity index (χ3v) is 3.68. The van der Waals surface area contributed by atoms with Crippen molar-refractivity contribution in [1.29, 1.82) is 5.26 Å². The maximum absolute atomic E-state index is 12.0. The molecule has 0 radical (unpaired) electrons. The molecule has 1 aliphatic rings. The van der Waals surface area contributed by atoms with Crippen LogP contribution in [0.15, 0.2) is 18.2 Å². The first kappa shape index (κ1) is 13.9. The smallest absolute Gasteiger partial charge is 0.230 e.